The van der Waals surface area contributed by atoms with Gasteiger partial charge in [-0.2, -0.15) is 4.98 Å². The Balaban J connectivity index is 1.56. The van der Waals surface area contributed by atoms with Crippen molar-refractivity contribution in [3.05, 3.63) is 53.2 Å². The smallest absolute Gasteiger partial charge is 0.350 e. The van der Waals surface area contributed by atoms with E-state index >= 15 is 0 Å². The second-order valence-corrected chi connectivity index (χ2v) is 9.86. The van der Waals surface area contributed by atoms with Gasteiger partial charge in [-0.25, -0.2) is 9.37 Å². The van der Waals surface area contributed by atoms with Crippen molar-refractivity contribution in [3.8, 4) is 0 Å². The van der Waals surface area contributed by atoms with Crippen molar-refractivity contribution in [3.63, 3.8) is 0 Å². The zero-order valence-electron chi connectivity index (χ0n) is 17.8. The zero-order chi connectivity index (χ0) is 24.6. The summed E-state index contributed by atoms with van der Waals surface area (Å²) in [4.78, 5) is 26.3. The number of aliphatic hydroxyl groups is 2. The van der Waals surface area contributed by atoms with Crippen molar-refractivity contribution in [2.24, 2.45) is 0 Å². The van der Waals surface area contributed by atoms with E-state index in [2.05, 4.69) is 15.3 Å². The predicted molar refractivity (Wildman–Crippen MR) is 120 cm³/mol. The molecule has 0 unspecified atom stereocenters. The summed E-state index contributed by atoms with van der Waals surface area (Å²) in [7, 11) is -4.39. The first kappa shape index (κ1) is 25.0. The molecule has 1 fully saturated rings. The number of aliphatic hydroxyl groups excluding tert-OH is 2. The molecule has 3 heterocycles. The fourth-order valence-electron chi connectivity index (χ4n) is 3.75. The average molecular weight is 517 g/mol. The Morgan fingerprint density at radius 3 is 2.62 bits per heavy atom. The van der Waals surface area contributed by atoms with Crippen LogP contribution >= 0.6 is 19.2 Å². The van der Waals surface area contributed by atoms with Crippen LogP contribution in [0.1, 0.15) is 24.8 Å². The van der Waals surface area contributed by atoms with Crippen molar-refractivity contribution < 1.29 is 38.4 Å². The van der Waals surface area contributed by atoms with Crippen LogP contribution in [0.25, 0.3) is 11.0 Å². The Labute approximate surface area is 198 Å². The van der Waals surface area contributed by atoms with Gasteiger partial charge in [0.25, 0.3) is 0 Å². The molecule has 1 aliphatic rings. The highest BCUT2D eigenvalue weighted by Crippen LogP contribution is 2.37. The molecule has 14 heteroatoms. The maximum absolute atomic E-state index is 13.2. The van der Waals surface area contributed by atoms with Gasteiger partial charge in [-0.05, 0) is 42.3 Å². The van der Waals surface area contributed by atoms with E-state index in [1.165, 1.54) is 16.7 Å². The molecule has 1 saturated heterocycles. The topological polar surface area (TPSA) is 159 Å². The summed E-state index contributed by atoms with van der Waals surface area (Å²) >= 11 is 6.14. The lowest BCUT2D eigenvalue weighted by molar-refractivity contribution is -0.0610. The van der Waals surface area contributed by atoms with E-state index in [4.69, 9.17) is 30.9 Å². The molecule has 2 aromatic heterocycles. The molecule has 4 rings (SSSR count). The first-order valence-electron chi connectivity index (χ1n) is 10.2. The normalized spacial score (nSPS) is 24.0. The highest BCUT2D eigenvalue weighted by molar-refractivity contribution is 7.51. The number of halogens is 2. The molecule has 0 saturated carbocycles. The Bertz CT molecular complexity index is 1210. The van der Waals surface area contributed by atoms with E-state index in [1.54, 1.807) is 24.4 Å². The molecular formula is C20H23ClFN4O7P. The van der Waals surface area contributed by atoms with Gasteiger partial charge in [0.15, 0.2) is 6.23 Å². The average Bonchev–Trinajstić information content (AvgIpc) is 3.29. The number of hydrogen-bond donors (Lipinski definition) is 5. The van der Waals surface area contributed by atoms with Crippen molar-refractivity contribution >= 4 is 36.0 Å². The van der Waals surface area contributed by atoms with Crippen LogP contribution in [0.5, 0.6) is 0 Å². The third-order valence-corrected chi connectivity index (χ3v) is 6.11. The van der Waals surface area contributed by atoms with E-state index in [-0.39, 0.29) is 23.7 Å². The van der Waals surface area contributed by atoms with Crippen LogP contribution in [-0.4, -0.2) is 65.8 Å². The van der Waals surface area contributed by atoms with E-state index in [9.17, 15) is 19.2 Å². The molecule has 0 aliphatic carbocycles. The largest absolute Gasteiger partial charge is 0.387 e. The minimum atomic E-state index is -4.39. The fourth-order valence-corrected chi connectivity index (χ4v) is 4.25. The molecule has 0 amide bonds. The van der Waals surface area contributed by atoms with Crippen LogP contribution in [0.15, 0.2) is 36.5 Å². The predicted octanol–water partition coefficient (Wildman–Crippen LogP) is 2.17. The van der Waals surface area contributed by atoms with Gasteiger partial charge >= 0.3 is 7.60 Å². The summed E-state index contributed by atoms with van der Waals surface area (Å²) in [6, 6.07) is 7.45. The van der Waals surface area contributed by atoms with Gasteiger partial charge in [-0.1, -0.05) is 12.1 Å². The summed E-state index contributed by atoms with van der Waals surface area (Å²) < 4.78 is 36.3. The van der Waals surface area contributed by atoms with Gasteiger partial charge in [0.2, 0.25) is 5.28 Å². The molecule has 5 atom stereocenters. The van der Waals surface area contributed by atoms with Crippen LogP contribution in [-0.2, 0) is 14.0 Å². The van der Waals surface area contributed by atoms with Crippen LogP contribution in [0.3, 0.4) is 0 Å². The lowest BCUT2D eigenvalue weighted by atomic mass is 10.1. The monoisotopic (exact) mass is 516 g/mol. The molecule has 0 radical (unpaired) electrons. The van der Waals surface area contributed by atoms with Crippen molar-refractivity contribution in [1.29, 1.82) is 0 Å². The number of ether oxygens (including phenoxy) is 2. The highest BCUT2D eigenvalue weighted by Gasteiger charge is 2.44. The molecule has 3 aromatic rings. The number of anilines is 1. The number of rotatable bonds is 8. The van der Waals surface area contributed by atoms with Gasteiger partial charge in [0.05, 0.1) is 12.0 Å². The summed E-state index contributed by atoms with van der Waals surface area (Å²) in [5.41, 5.74) is 1.14. The number of fused-ring (bicyclic) bond motifs is 1. The first-order chi connectivity index (χ1) is 16.0. The van der Waals surface area contributed by atoms with E-state index in [0.717, 1.165) is 5.56 Å². The number of nitrogens with one attached hydrogen (secondary N) is 1. The standard InChI is InChI=1S/C20H23ClFN4O7P/c1-10(11-2-4-12(22)5-3-11)23-17-13-6-7-26(18(13)25-20(21)24-17)19-16(28)15(27)14(33-19)8-32-9-34(29,30)31/h2-7,10,14-16,19,27-28H,8-9H2,1H3,(H,23,24,25)(H2,29,30,31)/t10-,14-,15-,16-,19-/m1/s1. The van der Waals surface area contributed by atoms with Gasteiger partial charge in [-0.3, -0.25) is 4.57 Å². The van der Waals surface area contributed by atoms with E-state index in [0.29, 0.717) is 16.9 Å². The first-order valence-corrected chi connectivity index (χ1v) is 12.4. The molecule has 1 aromatic carbocycles. The Hall–Kier alpha value is -2.15. The molecule has 184 valence electrons. The van der Waals surface area contributed by atoms with Crippen molar-refractivity contribution in [1.82, 2.24) is 14.5 Å². The maximum atomic E-state index is 13.2. The van der Waals surface area contributed by atoms with Crippen molar-refractivity contribution in [2.75, 3.05) is 18.3 Å². The minimum Gasteiger partial charge on any atom is -0.387 e. The third-order valence-electron chi connectivity index (χ3n) is 5.42. The second-order valence-electron chi connectivity index (χ2n) is 7.93. The molecular weight excluding hydrogens is 494 g/mol. The minimum absolute atomic E-state index is 0.0733. The van der Waals surface area contributed by atoms with E-state index < -0.39 is 38.5 Å². The van der Waals surface area contributed by atoms with Crippen LogP contribution < -0.4 is 5.32 Å². The molecule has 0 bridgehead atoms. The van der Waals surface area contributed by atoms with E-state index in [1.807, 2.05) is 6.92 Å². The fraction of sp³-hybridized carbons (Fsp3) is 0.400. The summed E-state index contributed by atoms with van der Waals surface area (Å²) in [5, 5.41) is 24.6. The summed E-state index contributed by atoms with van der Waals surface area (Å²) in [6.07, 6.45) is -4.09. The Kier molecular flexibility index (Phi) is 7.22. The number of aromatic nitrogens is 3. The number of benzene rings is 1. The van der Waals surface area contributed by atoms with Crippen LogP contribution in [0, 0.1) is 5.82 Å². The zero-order valence-corrected chi connectivity index (χ0v) is 19.5. The lowest BCUT2D eigenvalue weighted by Crippen LogP contribution is -2.33. The Morgan fingerprint density at radius 1 is 1.24 bits per heavy atom. The molecule has 5 N–H and O–H groups in total. The van der Waals surface area contributed by atoms with Crippen molar-refractivity contribution in [2.45, 2.75) is 37.5 Å². The molecule has 0 spiro atoms. The molecule has 1 aliphatic heterocycles. The number of nitrogens with zero attached hydrogens (tertiary/aromatic N) is 3. The quantitative estimate of drug-likeness (QED) is 0.222. The van der Waals surface area contributed by atoms with Crippen LogP contribution in [0.4, 0.5) is 10.2 Å². The SMILES string of the molecule is C[C@@H](Nc1nc(Cl)nc2c1ccn2[C@@H]1O[C@H](COCP(=O)(O)O)[C@@H](O)[C@H]1O)c1ccc(F)cc1. The maximum Gasteiger partial charge on any atom is 0.350 e. The summed E-state index contributed by atoms with van der Waals surface area (Å²) in [6.45, 7) is 1.53. The number of hydrogen-bond acceptors (Lipinski definition) is 8. The molecule has 34 heavy (non-hydrogen) atoms. The Morgan fingerprint density at radius 2 is 1.94 bits per heavy atom. The third kappa shape index (κ3) is 5.40. The van der Waals surface area contributed by atoms with Gasteiger partial charge < -0.3 is 39.4 Å². The second kappa shape index (κ2) is 9.84. The lowest BCUT2D eigenvalue weighted by Gasteiger charge is -2.19. The summed E-state index contributed by atoms with van der Waals surface area (Å²) in [5.74, 6) is 0.0587. The molecule has 11 nitrogen and oxygen atoms in total. The van der Waals surface area contributed by atoms with Gasteiger partial charge in [0, 0.05) is 12.2 Å². The van der Waals surface area contributed by atoms with Gasteiger partial charge in [-0.15, -0.1) is 0 Å². The highest BCUT2D eigenvalue weighted by atomic mass is 35.5. The van der Waals surface area contributed by atoms with Crippen LogP contribution in [0.2, 0.25) is 5.28 Å². The van der Waals surface area contributed by atoms with Gasteiger partial charge in [0.1, 0.15) is 41.9 Å².